The zero-order chi connectivity index (χ0) is 21.8. The van der Waals surface area contributed by atoms with Crippen LogP contribution in [-0.4, -0.2) is 9.55 Å². The quantitative estimate of drug-likeness (QED) is 0.277. The number of nitrogens with two attached hydrogens (primary N) is 1. The Balaban J connectivity index is 1.70. The van der Waals surface area contributed by atoms with Gasteiger partial charge in [-0.05, 0) is 34.4 Å². The lowest BCUT2D eigenvalue weighted by molar-refractivity contribution is 0.514. The molecular formula is C29H25N3. The van der Waals surface area contributed by atoms with Crippen molar-refractivity contribution in [3.63, 3.8) is 0 Å². The summed E-state index contributed by atoms with van der Waals surface area (Å²) in [6, 6.07) is 39.9. The van der Waals surface area contributed by atoms with Gasteiger partial charge in [0.2, 0.25) is 0 Å². The third-order valence-corrected chi connectivity index (χ3v) is 5.96. The van der Waals surface area contributed by atoms with Crippen LogP contribution in [0.2, 0.25) is 0 Å². The van der Waals surface area contributed by atoms with E-state index in [4.69, 9.17) is 10.7 Å². The van der Waals surface area contributed by atoms with Gasteiger partial charge >= 0.3 is 0 Å². The highest BCUT2D eigenvalue weighted by Gasteiger charge is 2.38. The summed E-state index contributed by atoms with van der Waals surface area (Å²) in [7, 11) is 0. The Labute approximate surface area is 188 Å². The van der Waals surface area contributed by atoms with Crippen molar-refractivity contribution in [1.82, 2.24) is 9.55 Å². The summed E-state index contributed by atoms with van der Waals surface area (Å²) < 4.78 is 2.25. The second-order valence-electron chi connectivity index (χ2n) is 8.00. The third-order valence-electron chi connectivity index (χ3n) is 5.96. The standard InChI is InChI=1S/C29H25N3/c30-27-18-16-23(17-19-27)20-28-21-32(22-31-28)29(24-10-4-1-5-11-24,25-12-6-2-7-13-25)26-14-8-3-9-15-26/h1-19,21-22H,20,30H2. The lowest BCUT2D eigenvalue weighted by atomic mass is 9.77. The number of hydrogen-bond acceptors (Lipinski definition) is 2. The summed E-state index contributed by atoms with van der Waals surface area (Å²) in [6.45, 7) is 0. The molecule has 3 heteroatoms. The van der Waals surface area contributed by atoms with Crippen molar-refractivity contribution in [3.05, 3.63) is 156 Å². The average molecular weight is 416 g/mol. The first-order valence-corrected chi connectivity index (χ1v) is 10.8. The minimum absolute atomic E-state index is 0.532. The van der Waals surface area contributed by atoms with Gasteiger partial charge in [0.1, 0.15) is 5.54 Å². The van der Waals surface area contributed by atoms with E-state index in [1.807, 2.05) is 18.5 Å². The van der Waals surface area contributed by atoms with E-state index in [9.17, 15) is 0 Å². The molecule has 0 radical (unpaired) electrons. The fourth-order valence-electron chi connectivity index (χ4n) is 4.47. The van der Waals surface area contributed by atoms with Gasteiger partial charge in [0, 0.05) is 18.3 Å². The molecule has 2 N–H and O–H groups in total. The van der Waals surface area contributed by atoms with Gasteiger partial charge in [0.25, 0.3) is 0 Å². The van der Waals surface area contributed by atoms with Gasteiger partial charge in [-0.2, -0.15) is 0 Å². The molecule has 0 saturated heterocycles. The molecule has 5 rings (SSSR count). The molecule has 32 heavy (non-hydrogen) atoms. The lowest BCUT2D eigenvalue weighted by Gasteiger charge is -2.37. The number of nitrogens with zero attached hydrogens (tertiary/aromatic N) is 2. The largest absolute Gasteiger partial charge is 0.399 e. The van der Waals surface area contributed by atoms with Crippen molar-refractivity contribution in [2.75, 3.05) is 5.73 Å². The molecule has 0 fully saturated rings. The summed E-state index contributed by atoms with van der Waals surface area (Å²) in [6.07, 6.45) is 4.88. The highest BCUT2D eigenvalue weighted by molar-refractivity contribution is 5.51. The first kappa shape index (κ1) is 19.8. The van der Waals surface area contributed by atoms with Gasteiger partial charge in [0.05, 0.1) is 12.0 Å². The maximum atomic E-state index is 5.85. The Kier molecular flexibility index (Phi) is 5.30. The van der Waals surface area contributed by atoms with Gasteiger partial charge in [-0.25, -0.2) is 4.98 Å². The molecule has 0 amide bonds. The van der Waals surface area contributed by atoms with Crippen molar-refractivity contribution in [2.24, 2.45) is 0 Å². The Bertz CT molecular complexity index is 1180. The van der Waals surface area contributed by atoms with Gasteiger partial charge in [-0.1, -0.05) is 103 Å². The van der Waals surface area contributed by atoms with E-state index in [0.717, 1.165) is 17.8 Å². The molecule has 1 heterocycles. The zero-order valence-corrected chi connectivity index (χ0v) is 17.8. The van der Waals surface area contributed by atoms with Crippen LogP contribution in [0.1, 0.15) is 27.9 Å². The molecule has 0 aliphatic heterocycles. The van der Waals surface area contributed by atoms with Gasteiger partial charge in [-0.15, -0.1) is 0 Å². The molecule has 5 aromatic rings. The molecule has 1 aromatic heterocycles. The summed E-state index contributed by atoms with van der Waals surface area (Å²) >= 11 is 0. The van der Waals surface area contributed by atoms with Crippen molar-refractivity contribution in [3.8, 4) is 0 Å². The molecule has 0 aliphatic carbocycles. The van der Waals surface area contributed by atoms with Crippen LogP contribution in [0.15, 0.2) is 128 Å². The Morgan fingerprint density at radius 2 is 1.09 bits per heavy atom. The van der Waals surface area contributed by atoms with E-state index in [1.54, 1.807) is 0 Å². The number of imidazole rings is 1. The van der Waals surface area contributed by atoms with Crippen molar-refractivity contribution in [1.29, 1.82) is 0 Å². The summed E-state index contributed by atoms with van der Waals surface area (Å²) in [5.74, 6) is 0. The molecular weight excluding hydrogens is 390 g/mol. The second kappa shape index (κ2) is 8.56. The maximum Gasteiger partial charge on any atom is 0.121 e. The highest BCUT2D eigenvalue weighted by atomic mass is 15.1. The predicted octanol–water partition coefficient (Wildman–Crippen LogP) is 5.90. The minimum Gasteiger partial charge on any atom is -0.399 e. The van der Waals surface area contributed by atoms with Crippen LogP contribution in [0.4, 0.5) is 5.69 Å². The van der Waals surface area contributed by atoms with E-state index in [-0.39, 0.29) is 0 Å². The summed E-state index contributed by atoms with van der Waals surface area (Å²) in [4.78, 5) is 4.81. The topological polar surface area (TPSA) is 43.8 Å². The Morgan fingerprint density at radius 3 is 1.56 bits per heavy atom. The van der Waals surface area contributed by atoms with E-state index >= 15 is 0 Å². The second-order valence-corrected chi connectivity index (χ2v) is 8.00. The van der Waals surface area contributed by atoms with Crippen LogP contribution in [-0.2, 0) is 12.0 Å². The average Bonchev–Trinajstić information content (AvgIpc) is 3.32. The summed E-state index contributed by atoms with van der Waals surface area (Å²) in [5.41, 5.74) is 11.9. The maximum absolute atomic E-state index is 5.85. The summed E-state index contributed by atoms with van der Waals surface area (Å²) in [5, 5.41) is 0. The molecule has 0 atom stereocenters. The van der Waals surface area contributed by atoms with Crippen LogP contribution in [0.3, 0.4) is 0 Å². The third kappa shape index (κ3) is 3.58. The SMILES string of the molecule is Nc1ccc(Cc2cn(C(c3ccccc3)(c3ccccc3)c3ccccc3)cn2)cc1. The number of aromatic nitrogens is 2. The van der Waals surface area contributed by atoms with Gasteiger partial charge in [-0.3, -0.25) is 0 Å². The van der Waals surface area contributed by atoms with Crippen LogP contribution in [0, 0.1) is 0 Å². The molecule has 4 aromatic carbocycles. The molecule has 3 nitrogen and oxygen atoms in total. The monoisotopic (exact) mass is 415 g/mol. The van der Waals surface area contributed by atoms with Gasteiger partial charge in [0.15, 0.2) is 0 Å². The number of hydrogen-bond donors (Lipinski definition) is 1. The van der Waals surface area contributed by atoms with Crippen molar-refractivity contribution >= 4 is 5.69 Å². The van der Waals surface area contributed by atoms with E-state index in [1.165, 1.54) is 22.3 Å². The lowest BCUT2D eigenvalue weighted by Crippen LogP contribution is -2.36. The molecule has 156 valence electrons. The zero-order valence-electron chi connectivity index (χ0n) is 17.8. The fourth-order valence-corrected chi connectivity index (χ4v) is 4.47. The highest BCUT2D eigenvalue weighted by Crippen LogP contribution is 2.40. The molecule has 0 spiro atoms. The van der Waals surface area contributed by atoms with E-state index in [2.05, 4.69) is 114 Å². The number of benzene rings is 4. The first-order chi connectivity index (χ1) is 15.8. The van der Waals surface area contributed by atoms with E-state index in [0.29, 0.717) is 0 Å². The molecule has 0 aliphatic rings. The van der Waals surface area contributed by atoms with E-state index < -0.39 is 5.54 Å². The normalized spacial score (nSPS) is 11.4. The predicted molar refractivity (Wildman–Crippen MR) is 130 cm³/mol. The smallest absolute Gasteiger partial charge is 0.121 e. The minimum atomic E-state index is -0.532. The Hall–Kier alpha value is -4.11. The van der Waals surface area contributed by atoms with Crippen molar-refractivity contribution in [2.45, 2.75) is 12.0 Å². The molecule has 0 saturated carbocycles. The number of nitrogen functional groups attached to an aromatic ring is 1. The fraction of sp³-hybridized carbons (Fsp3) is 0.0690. The van der Waals surface area contributed by atoms with Crippen molar-refractivity contribution < 1.29 is 0 Å². The number of rotatable bonds is 6. The first-order valence-electron chi connectivity index (χ1n) is 10.8. The van der Waals surface area contributed by atoms with Crippen LogP contribution >= 0.6 is 0 Å². The van der Waals surface area contributed by atoms with Gasteiger partial charge < -0.3 is 10.3 Å². The van der Waals surface area contributed by atoms with Crippen LogP contribution < -0.4 is 5.73 Å². The van der Waals surface area contributed by atoms with Crippen LogP contribution in [0.25, 0.3) is 0 Å². The molecule has 0 bridgehead atoms. The Morgan fingerprint density at radius 1 is 0.625 bits per heavy atom. The van der Waals surface area contributed by atoms with Crippen LogP contribution in [0.5, 0.6) is 0 Å². The number of anilines is 1. The molecule has 0 unspecified atom stereocenters.